The quantitative estimate of drug-likeness (QED) is 0.799. The highest BCUT2D eigenvalue weighted by Gasteiger charge is 2.09. The Morgan fingerprint density at radius 1 is 1.53 bits per heavy atom. The van der Waals surface area contributed by atoms with Gasteiger partial charge in [-0.3, -0.25) is 4.98 Å². The average molecular weight is 209 g/mol. The molecule has 0 aliphatic carbocycles. The number of likely N-dealkylation sites (N-methyl/N-ethyl adjacent to an activating group) is 1. The number of rotatable bonds is 5. The van der Waals surface area contributed by atoms with Crippen molar-refractivity contribution in [3.63, 3.8) is 0 Å². The lowest BCUT2D eigenvalue weighted by atomic mass is 10.2. The fraction of sp³-hybridized carbons (Fsp3) is 0.545. The van der Waals surface area contributed by atoms with E-state index in [1.807, 2.05) is 20.3 Å². The number of hydrogen-bond donors (Lipinski definition) is 1. The molecule has 1 N–H and O–H groups in total. The second-order valence-corrected chi connectivity index (χ2v) is 3.60. The Labute approximate surface area is 91.3 Å². The van der Waals surface area contributed by atoms with Crippen LogP contribution >= 0.6 is 0 Å². The van der Waals surface area contributed by atoms with E-state index in [9.17, 15) is 0 Å². The number of ether oxygens (including phenoxy) is 1. The van der Waals surface area contributed by atoms with Crippen molar-refractivity contribution in [3.8, 4) is 0 Å². The Bertz CT molecular complexity index is 304. The monoisotopic (exact) mass is 209 g/mol. The van der Waals surface area contributed by atoms with Crippen molar-refractivity contribution >= 4 is 11.4 Å². The van der Waals surface area contributed by atoms with Crippen molar-refractivity contribution in [2.24, 2.45) is 0 Å². The molecule has 1 unspecified atom stereocenters. The van der Waals surface area contributed by atoms with Gasteiger partial charge in [-0.25, -0.2) is 0 Å². The molecule has 1 rings (SSSR count). The molecule has 0 fully saturated rings. The first-order valence-corrected chi connectivity index (χ1v) is 5.03. The first kappa shape index (κ1) is 11.8. The van der Waals surface area contributed by atoms with Gasteiger partial charge >= 0.3 is 0 Å². The molecule has 0 bridgehead atoms. The van der Waals surface area contributed by atoms with Crippen LogP contribution in [0.2, 0.25) is 0 Å². The number of nitrogens with one attached hydrogen (secondary N) is 1. The fourth-order valence-corrected chi connectivity index (χ4v) is 1.36. The molecular formula is C11H19N3O. The summed E-state index contributed by atoms with van der Waals surface area (Å²) in [4.78, 5) is 6.32. The zero-order chi connectivity index (χ0) is 11.3. The topological polar surface area (TPSA) is 37.4 Å². The second-order valence-electron chi connectivity index (χ2n) is 3.60. The van der Waals surface area contributed by atoms with E-state index in [4.69, 9.17) is 4.74 Å². The molecule has 0 saturated carbocycles. The summed E-state index contributed by atoms with van der Waals surface area (Å²) in [6.07, 6.45) is 3.66. The molecule has 84 valence electrons. The van der Waals surface area contributed by atoms with E-state index in [2.05, 4.69) is 28.2 Å². The van der Waals surface area contributed by atoms with Gasteiger partial charge in [0.25, 0.3) is 0 Å². The van der Waals surface area contributed by atoms with E-state index >= 15 is 0 Å². The first-order valence-electron chi connectivity index (χ1n) is 5.03. The average Bonchev–Trinajstić information content (AvgIpc) is 2.28. The predicted molar refractivity (Wildman–Crippen MR) is 63.5 cm³/mol. The van der Waals surface area contributed by atoms with Gasteiger partial charge in [-0.15, -0.1) is 0 Å². The van der Waals surface area contributed by atoms with Crippen molar-refractivity contribution in [2.75, 3.05) is 38.0 Å². The molecule has 1 atom stereocenters. The van der Waals surface area contributed by atoms with Crippen LogP contribution in [-0.2, 0) is 4.74 Å². The number of aromatic nitrogens is 1. The van der Waals surface area contributed by atoms with E-state index in [0.717, 1.165) is 11.4 Å². The molecule has 1 aromatic heterocycles. The summed E-state index contributed by atoms with van der Waals surface area (Å²) in [7, 11) is 5.64. The third kappa shape index (κ3) is 3.09. The van der Waals surface area contributed by atoms with Crippen LogP contribution < -0.4 is 10.2 Å². The van der Waals surface area contributed by atoms with Crippen LogP contribution in [0.3, 0.4) is 0 Å². The minimum Gasteiger partial charge on any atom is -0.387 e. The van der Waals surface area contributed by atoms with Gasteiger partial charge < -0.3 is 15.0 Å². The van der Waals surface area contributed by atoms with Crippen molar-refractivity contribution in [2.45, 2.75) is 13.0 Å². The SMILES string of the molecule is CNc1cncc(N(C)C(C)COC)c1. The van der Waals surface area contributed by atoms with Gasteiger partial charge in [-0.2, -0.15) is 0 Å². The number of anilines is 2. The largest absolute Gasteiger partial charge is 0.387 e. The molecule has 15 heavy (non-hydrogen) atoms. The molecule has 0 saturated heterocycles. The van der Waals surface area contributed by atoms with Crippen molar-refractivity contribution in [1.29, 1.82) is 0 Å². The molecule has 1 heterocycles. The molecule has 0 aliphatic heterocycles. The van der Waals surface area contributed by atoms with Crippen LogP contribution in [0.15, 0.2) is 18.5 Å². The summed E-state index contributed by atoms with van der Waals surface area (Å²) < 4.78 is 5.13. The normalized spacial score (nSPS) is 12.3. The molecule has 4 nitrogen and oxygen atoms in total. The second kappa shape index (κ2) is 5.56. The van der Waals surface area contributed by atoms with E-state index in [-0.39, 0.29) is 0 Å². The maximum Gasteiger partial charge on any atom is 0.0663 e. The van der Waals surface area contributed by atoms with E-state index in [1.54, 1.807) is 13.3 Å². The zero-order valence-electron chi connectivity index (χ0n) is 9.82. The smallest absolute Gasteiger partial charge is 0.0663 e. The lowest BCUT2D eigenvalue weighted by Crippen LogP contribution is -2.32. The summed E-state index contributed by atoms with van der Waals surface area (Å²) in [6, 6.07) is 2.41. The third-order valence-corrected chi connectivity index (χ3v) is 2.49. The lowest BCUT2D eigenvalue weighted by molar-refractivity contribution is 0.183. The highest BCUT2D eigenvalue weighted by molar-refractivity contribution is 5.55. The summed E-state index contributed by atoms with van der Waals surface area (Å²) in [6.45, 7) is 2.83. The fourth-order valence-electron chi connectivity index (χ4n) is 1.36. The van der Waals surface area contributed by atoms with Crippen LogP contribution in [0, 0.1) is 0 Å². The Kier molecular flexibility index (Phi) is 4.37. The Morgan fingerprint density at radius 3 is 2.87 bits per heavy atom. The molecule has 0 radical (unpaired) electrons. The van der Waals surface area contributed by atoms with Crippen LogP contribution in [-0.4, -0.2) is 38.8 Å². The molecular weight excluding hydrogens is 190 g/mol. The Morgan fingerprint density at radius 2 is 2.27 bits per heavy atom. The number of hydrogen-bond acceptors (Lipinski definition) is 4. The van der Waals surface area contributed by atoms with Crippen molar-refractivity contribution in [3.05, 3.63) is 18.5 Å². The van der Waals surface area contributed by atoms with Gasteiger partial charge in [-0.05, 0) is 13.0 Å². The van der Waals surface area contributed by atoms with Crippen LogP contribution in [0.1, 0.15) is 6.92 Å². The van der Waals surface area contributed by atoms with Gasteiger partial charge in [0.15, 0.2) is 0 Å². The van der Waals surface area contributed by atoms with Gasteiger partial charge in [0.1, 0.15) is 0 Å². The van der Waals surface area contributed by atoms with Gasteiger partial charge in [-0.1, -0.05) is 0 Å². The molecule has 4 heteroatoms. The molecule has 0 spiro atoms. The van der Waals surface area contributed by atoms with Crippen LogP contribution in [0.25, 0.3) is 0 Å². The molecule has 1 aromatic rings. The van der Waals surface area contributed by atoms with Gasteiger partial charge in [0.2, 0.25) is 0 Å². The summed E-state index contributed by atoms with van der Waals surface area (Å²) in [5.41, 5.74) is 2.11. The number of nitrogens with zero attached hydrogens (tertiary/aromatic N) is 2. The first-order chi connectivity index (χ1) is 7.19. The molecule has 0 aromatic carbocycles. The van der Waals surface area contributed by atoms with Crippen LogP contribution in [0.4, 0.5) is 11.4 Å². The Hall–Kier alpha value is -1.29. The van der Waals surface area contributed by atoms with E-state index < -0.39 is 0 Å². The summed E-state index contributed by atoms with van der Waals surface area (Å²) in [5.74, 6) is 0. The van der Waals surface area contributed by atoms with Gasteiger partial charge in [0, 0.05) is 27.2 Å². The van der Waals surface area contributed by atoms with Crippen LogP contribution in [0.5, 0.6) is 0 Å². The Balaban J connectivity index is 2.76. The lowest BCUT2D eigenvalue weighted by Gasteiger charge is -2.26. The zero-order valence-corrected chi connectivity index (χ0v) is 9.82. The maximum absolute atomic E-state index is 5.13. The van der Waals surface area contributed by atoms with E-state index in [0.29, 0.717) is 12.6 Å². The number of methoxy groups -OCH3 is 1. The van der Waals surface area contributed by atoms with Gasteiger partial charge in [0.05, 0.1) is 30.4 Å². The third-order valence-electron chi connectivity index (χ3n) is 2.49. The highest BCUT2D eigenvalue weighted by atomic mass is 16.5. The highest BCUT2D eigenvalue weighted by Crippen LogP contribution is 2.17. The predicted octanol–water partition coefficient (Wildman–Crippen LogP) is 1.59. The minimum atomic E-state index is 0.337. The van der Waals surface area contributed by atoms with E-state index in [1.165, 1.54) is 0 Å². The maximum atomic E-state index is 5.13. The summed E-state index contributed by atoms with van der Waals surface area (Å²) >= 11 is 0. The molecule has 0 amide bonds. The standard InChI is InChI=1S/C11H19N3O/c1-9(8-15-4)14(3)11-5-10(12-2)6-13-7-11/h5-7,9,12H,8H2,1-4H3. The summed E-state index contributed by atoms with van der Waals surface area (Å²) in [5, 5.41) is 3.07. The van der Waals surface area contributed by atoms with Crippen molar-refractivity contribution < 1.29 is 4.74 Å². The molecule has 0 aliphatic rings. The minimum absolute atomic E-state index is 0.337. The number of pyridine rings is 1. The van der Waals surface area contributed by atoms with Crippen molar-refractivity contribution in [1.82, 2.24) is 4.98 Å².